The van der Waals surface area contributed by atoms with Crippen LogP contribution in [0.5, 0.6) is 0 Å². The van der Waals surface area contributed by atoms with Gasteiger partial charge in [0, 0.05) is 19.4 Å². The molecule has 4 rings (SSSR count). The van der Waals surface area contributed by atoms with E-state index in [1.807, 2.05) is 14.1 Å². The number of nitrogens with zero attached hydrogens (tertiary/aromatic N) is 1. The van der Waals surface area contributed by atoms with Crippen molar-refractivity contribution in [2.45, 2.75) is 123 Å². The van der Waals surface area contributed by atoms with Crippen LogP contribution in [0.25, 0.3) is 0 Å². The fourth-order valence-electron chi connectivity index (χ4n) is 11.0. The quantitative estimate of drug-likeness (QED) is 0.166. The largest absolute Gasteiger partial charge is 0.355 e. The standard InChI is InChI=1S/C32H58N2O4S/c1-7-12-23(3)26-16-17-27-25-15-14-24-13-9-10-19-32(24,28(25)18-20-31(26,27)4)30(35)33-21-11-22-34(5,6)29(8-2)39(36,37)38/h23-29H,7-22H2,1-6H3,(H-,33,35,36,37,38)/p+1/t23-,24?,25+,26-,27+,28+,29?,31-,32-/m1/s1. The van der Waals surface area contributed by atoms with Crippen molar-refractivity contribution in [3.05, 3.63) is 0 Å². The van der Waals surface area contributed by atoms with Gasteiger partial charge in [0.05, 0.1) is 26.1 Å². The SMILES string of the molecule is CCC[C@@H](C)[C@H]1CC[C@H]2[C@@H]3CCC4CCCC[C@]4(C(=O)NCCC[N+](C)(C)C(CC)S(=O)(=O)O)[C@H]3CC[C@]12C. The second-order valence-corrected chi connectivity index (χ2v) is 16.5. The maximum Gasteiger partial charge on any atom is 0.319 e. The van der Waals surface area contributed by atoms with E-state index in [9.17, 15) is 17.8 Å². The van der Waals surface area contributed by atoms with Crippen LogP contribution in [0.2, 0.25) is 0 Å². The Bertz CT molecular complexity index is 967. The van der Waals surface area contributed by atoms with Gasteiger partial charge in [0.15, 0.2) is 0 Å². The lowest BCUT2D eigenvalue weighted by Crippen LogP contribution is -2.60. The molecule has 7 heteroatoms. The van der Waals surface area contributed by atoms with E-state index in [4.69, 9.17) is 0 Å². The van der Waals surface area contributed by atoms with Gasteiger partial charge in [-0.25, -0.2) is 0 Å². The summed E-state index contributed by atoms with van der Waals surface area (Å²) >= 11 is 0. The third-order valence-electron chi connectivity index (χ3n) is 12.7. The Morgan fingerprint density at radius 3 is 2.44 bits per heavy atom. The molecule has 2 unspecified atom stereocenters. The van der Waals surface area contributed by atoms with Gasteiger partial charge < -0.3 is 9.80 Å². The Balaban J connectivity index is 1.47. The molecule has 0 bridgehead atoms. The van der Waals surface area contributed by atoms with E-state index in [1.54, 1.807) is 6.92 Å². The highest BCUT2D eigenvalue weighted by Gasteiger charge is 2.63. The summed E-state index contributed by atoms with van der Waals surface area (Å²) in [4.78, 5) is 14.3. The van der Waals surface area contributed by atoms with Crippen molar-refractivity contribution in [3.63, 3.8) is 0 Å². The maximum atomic E-state index is 14.3. The zero-order valence-corrected chi connectivity index (χ0v) is 26.7. The lowest BCUT2D eigenvalue weighted by molar-refractivity contribution is -0.901. The highest BCUT2D eigenvalue weighted by atomic mass is 32.2. The van der Waals surface area contributed by atoms with E-state index < -0.39 is 15.5 Å². The number of carbonyl (C=O) groups excluding carboxylic acids is 1. The van der Waals surface area contributed by atoms with Crippen LogP contribution in [-0.4, -0.2) is 55.9 Å². The minimum Gasteiger partial charge on any atom is -0.355 e. The third-order valence-corrected chi connectivity index (χ3v) is 14.3. The number of quaternary nitrogens is 1. The van der Waals surface area contributed by atoms with E-state index in [2.05, 4.69) is 26.1 Å². The van der Waals surface area contributed by atoms with Crippen molar-refractivity contribution in [1.82, 2.24) is 5.32 Å². The highest BCUT2D eigenvalue weighted by Crippen LogP contribution is 2.68. The molecule has 4 fully saturated rings. The van der Waals surface area contributed by atoms with E-state index in [0.29, 0.717) is 55.0 Å². The summed E-state index contributed by atoms with van der Waals surface area (Å²) in [5, 5.41) is 2.56. The summed E-state index contributed by atoms with van der Waals surface area (Å²) in [5.74, 6) is 4.45. The van der Waals surface area contributed by atoms with E-state index in [0.717, 1.165) is 24.2 Å². The molecule has 0 aliphatic heterocycles. The molecule has 0 heterocycles. The van der Waals surface area contributed by atoms with Gasteiger partial charge in [0.2, 0.25) is 11.3 Å². The van der Waals surface area contributed by atoms with E-state index >= 15 is 0 Å². The number of rotatable bonds is 11. The minimum atomic E-state index is -4.11. The van der Waals surface area contributed by atoms with Crippen LogP contribution >= 0.6 is 0 Å². The first kappa shape index (κ1) is 31.3. The molecule has 0 aromatic heterocycles. The summed E-state index contributed by atoms with van der Waals surface area (Å²) in [5.41, 5.74) is 0.238. The number of hydrogen-bond acceptors (Lipinski definition) is 3. The smallest absolute Gasteiger partial charge is 0.319 e. The topological polar surface area (TPSA) is 83.5 Å². The zero-order chi connectivity index (χ0) is 28.6. The number of hydrogen-bond donors (Lipinski definition) is 2. The zero-order valence-electron chi connectivity index (χ0n) is 25.9. The molecule has 4 saturated carbocycles. The van der Waals surface area contributed by atoms with Gasteiger partial charge in [-0.1, -0.05) is 53.4 Å². The first-order valence-electron chi connectivity index (χ1n) is 16.4. The molecular weight excluding hydrogens is 508 g/mol. The van der Waals surface area contributed by atoms with Gasteiger partial charge >= 0.3 is 10.1 Å². The molecule has 226 valence electrons. The van der Waals surface area contributed by atoms with Crippen molar-refractivity contribution in [2.24, 2.45) is 46.3 Å². The predicted molar refractivity (Wildman–Crippen MR) is 158 cm³/mol. The van der Waals surface area contributed by atoms with Crippen LogP contribution in [0.15, 0.2) is 0 Å². The second kappa shape index (κ2) is 11.9. The average molecular weight is 568 g/mol. The molecule has 0 saturated heterocycles. The number of nitrogens with one attached hydrogen (secondary N) is 1. The summed E-state index contributed by atoms with van der Waals surface area (Å²) < 4.78 is 33.7. The number of carbonyl (C=O) groups is 1. The van der Waals surface area contributed by atoms with Crippen molar-refractivity contribution in [2.75, 3.05) is 27.2 Å². The Morgan fingerprint density at radius 2 is 1.77 bits per heavy atom. The summed E-state index contributed by atoms with van der Waals surface area (Å²) in [7, 11) is -0.390. The summed E-state index contributed by atoms with van der Waals surface area (Å²) in [6.07, 6.45) is 16.1. The molecule has 6 nitrogen and oxygen atoms in total. The first-order chi connectivity index (χ1) is 18.3. The maximum absolute atomic E-state index is 14.3. The first-order valence-corrected chi connectivity index (χ1v) is 17.9. The lowest BCUT2D eigenvalue weighted by atomic mass is 9.43. The number of fused-ring (bicyclic) bond motifs is 5. The highest BCUT2D eigenvalue weighted by molar-refractivity contribution is 7.86. The normalized spacial score (nSPS) is 38.3. The Hall–Kier alpha value is -0.660. The monoisotopic (exact) mass is 567 g/mol. The van der Waals surface area contributed by atoms with Gasteiger partial charge in [-0.3, -0.25) is 9.35 Å². The van der Waals surface area contributed by atoms with Crippen LogP contribution in [0.3, 0.4) is 0 Å². The Labute approximate surface area is 239 Å². The van der Waals surface area contributed by atoms with Crippen molar-refractivity contribution in [1.29, 1.82) is 0 Å². The van der Waals surface area contributed by atoms with E-state index in [1.165, 1.54) is 70.6 Å². The fraction of sp³-hybridized carbons (Fsp3) is 0.969. The Morgan fingerprint density at radius 1 is 1.03 bits per heavy atom. The van der Waals surface area contributed by atoms with Gasteiger partial charge in [-0.2, -0.15) is 8.42 Å². The van der Waals surface area contributed by atoms with Gasteiger partial charge in [-0.05, 0) is 92.3 Å². The van der Waals surface area contributed by atoms with E-state index in [-0.39, 0.29) is 9.90 Å². The van der Waals surface area contributed by atoms with Crippen molar-refractivity contribution in [3.8, 4) is 0 Å². The lowest BCUT2D eigenvalue weighted by Gasteiger charge is -2.60. The van der Waals surface area contributed by atoms with Crippen LogP contribution in [0.1, 0.15) is 118 Å². The molecule has 39 heavy (non-hydrogen) atoms. The minimum absolute atomic E-state index is 0.208. The molecule has 2 N–H and O–H groups in total. The fourth-order valence-corrected chi connectivity index (χ4v) is 12.3. The molecular formula is C32H59N2O4S+. The molecule has 4 aliphatic rings. The second-order valence-electron chi connectivity index (χ2n) is 14.9. The van der Waals surface area contributed by atoms with Gasteiger partial charge in [0.25, 0.3) is 0 Å². The Kier molecular flexibility index (Phi) is 9.55. The summed E-state index contributed by atoms with van der Waals surface area (Å²) in [6, 6.07) is 0. The molecule has 9 atom stereocenters. The molecule has 4 aliphatic carbocycles. The van der Waals surface area contributed by atoms with Crippen LogP contribution < -0.4 is 5.32 Å². The number of amides is 1. The predicted octanol–water partition coefficient (Wildman–Crippen LogP) is 6.66. The molecule has 1 amide bonds. The summed E-state index contributed by atoms with van der Waals surface area (Å²) in [6.45, 7) is 10.4. The van der Waals surface area contributed by atoms with Crippen LogP contribution in [0.4, 0.5) is 0 Å². The van der Waals surface area contributed by atoms with Crippen molar-refractivity contribution >= 4 is 16.0 Å². The molecule has 0 aromatic carbocycles. The van der Waals surface area contributed by atoms with Crippen molar-refractivity contribution < 1.29 is 22.2 Å². The third kappa shape index (κ3) is 5.71. The molecule has 0 aromatic rings. The average Bonchev–Trinajstić information content (AvgIpc) is 3.23. The molecule has 0 radical (unpaired) electrons. The van der Waals surface area contributed by atoms with Crippen LogP contribution in [-0.2, 0) is 14.9 Å². The molecule has 0 spiro atoms. The van der Waals surface area contributed by atoms with Crippen LogP contribution in [0, 0.1) is 46.3 Å². The van der Waals surface area contributed by atoms with Gasteiger partial charge in [-0.15, -0.1) is 0 Å². The van der Waals surface area contributed by atoms with Gasteiger partial charge in [0.1, 0.15) is 0 Å².